The van der Waals surface area contributed by atoms with Crippen LogP contribution in [0, 0.1) is 10.1 Å². The molecule has 0 spiro atoms. The summed E-state index contributed by atoms with van der Waals surface area (Å²) in [4.78, 5) is 9.96. The zero-order valence-corrected chi connectivity index (χ0v) is 11.5. The summed E-state index contributed by atoms with van der Waals surface area (Å²) >= 11 is 16.9. The fraction of sp³-hybridized carbons (Fsp3) is 0.400. The van der Waals surface area contributed by atoms with E-state index < -0.39 is 20.9 Å². The molecule has 0 heterocycles. The van der Waals surface area contributed by atoms with Crippen LogP contribution in [0.4, 0.5) is 5.69 Å². The molecular formula is C10H12Cl3N2O3+. The van der Waals surface area contributed by atoms with Crippen molar-refractivity contribution >= 4 is 40.5 Å². The van der Waals surface area contributed by atoms with Crippen LogP contribution in [0.5, 0.6) is 0 Å². The van der Waals surface area contributed by atoms with E-state index in [-0.39, 0.29) is 12.1 Å². The number of hydrogen-bond acceptors (Lipinski definition) is 3. The van der Waals surface area contributed by atoms with E-state index in [9.17, 15) is 15.2 Å². The number of aliphatic hydroxyl groups is 1. The zero-order valence-electron chi connectivity index (χ0n) is 9.22. The van der Waals surface area contributed by atoms with Crippen molar-refractivity contribution in [1.82, 2.24) is 0 Å². The van der Waals surface area contributed by atoms with E-state index in [0.29, 0.717) is 5.56 Å². The first-order chi connectivity index (χ1) is 8.21. The van der Waals surface area contributed by atoms with Crippen molar-refractivity contribution in [3.8, 4) is 0 Å². The maximum Gasteiger partial charge on any atom is 0.269 e. The summed E-state index contributed by atoms with van der Waals surface area (Å²) in [6.45, 7) is 0. The maximum absolute atomic E-state index is 10.5. The van der Waals surface area contributed by atoms with Gasteiger partial charge in [-0.05, 0) is 17.7 Å². The number of nitrogens with zero attached hydrogens (tertiary/aromatic N) is 1. The Morgan fingerprint density at radius 3 is 2.22 bits per heavy atom. The van der Waals surface area contributed by atoms with Crippen molar-refractivity contribution in [2.75, 3.05) is 0 Å². The third kappa shape index (κ3) is 4.26. The molecule has 0 bridgehead atoms. The molecule has 8 heteroatoms. The van der Waals surface area contributed by atoms with E-state index >= 15 is 0 Å². The number of nitro groups is 1. The molecule has 100 valence electrons. The van der Waals surface area contributed by atoms with E-state index in [0.717, 1.165) is 0 Å². The number of non-ortho nitro benzene ring substituents is 1. The van der Waals surface area contributed by atoms with E-state index in [1.165, 1.54) is 24.3 Å². The van der Waals surface area contributed by atoms with Crippen LogP contribution < -0.4 is 5.73 Å². The van der Waals surface area contributed by atoms with Gasteiger partial charge in [0.05, 0.1) is 11.0 Å². The predicted molar refractivity (Wildman–Crippen MR) is 69.6 cm³/mol. The Labute approximate surface area is 119 Å². The summed E-state index contributed by atoms with van der Waals surface area (Å²) in [5, 5.41) is 20.4. The molecule has 0 aliphatic heterocycles. The number of hydrogen-bond donors (Lipinski definition) is 2. The van der Waals surface area contributed by atoms with E-state index in [1.807, 2.05) is 0 Å². The Morgan fingerprint density at radius 2 is 1.83 bits per heavy atom. The average molecular weight is 315 g/mol. The van der Waals surface area contributed by atoms with Crippen LogP contribution >= 0.6 is 34.8 Å². The molecule has 1 rings (SSSR count). The second-order valence-corrected chi connectivity index (χ2v) is 6.21. The van der Waals surface area contributed by atoms with Gasteiger partial charge in [0.1, 0.15) is 6.04 Å². The molecule has 0 aromatic heterocycles. The quantitative estimate of drug-likeness (QED) is 0.506. The fourth-order valence-electron chi connectivity index (χ4n) is 1.36. The van der Waals surface area contributed by atoms with E-state index in [1.54, 1.807) is 0 Å². The van der Waals surface area contributed by atoms with E-state index in [4.69, 9.17) is 34.8 Å². The Balaban J connectivity index is 2.73. The van der Waals surface area contributed by atoms with Gasteiger partial charge in [-0.25, -0.2) is 0 Å². The van der Waals surface area contributed by atoms with Gasteiger partial charge >= 0.3 is 0 Å². The predicted octanol–water partition coefficient (Wildman–Crippen LogP) is 2.00. The number of nitro benzene ring substituents is 1. The SMILES string of the molecule is [NH3+][C@@H](C[C@H](O)c1ccc([N+](=O)[O-])cc1)C(Cl)(Cl)Cl. The molecule has 0 fully saturated rings. The highest BCUT2D eigenvalue weighted by molar-refractivity contribution is 6.68. The largest absolute Gasteiger partial charge is 0.388 e. The summed E-state index contributed by atoms with van der Waals surface area (Å²) in [5.74, 6) is 0. The van der Waals surface area contributed by atoms with Crippen LogP contribution in [-0.2, 0) is 0 Å². The van der Waals surface area contributed by atoms with Gasteiger partial charge in [0, 0.05) is 18.6 Å². The minimum atomic E-state index is -1.55. The minimum Gasteiger partial charge on any atom is -0.388 e. The van der Waals surface area contributed by atoms with Gasteiger partial charge in [0.25, 0.3) is 5.69 Å². The summed E-state index contributed by atoms with van der Waals surface area (Å²) in [5.41, 5.74) is 4.13. The first-order valence-electron chi connectivity index (χ1n) is 5.04. The third-order valence-electron chi connectivity index (χ3n) is 2.46. The van der Waals surface area contributed by atoms with Crippen LogP contribution in [0.2, 0.25) is 0 Å². The number of rotatable bonds is 4. The Morgan fingerprint density at radius 1 is 1.33 bits per heavy atom. The molecule has 2 atom stereocenters. The molecule has 0 aliphatic carbocycles. The Kier molecular flexibility index (Phi) is 5.19. The first-order valence-corrected chi connectivity index (χ1v) is 6.17. The second kappa shape index (κ2) is 6.04. The normalized spacial score (nSPS) is 15.2. The van der Waals surface area contributed by atoms with Gasteiger partial charge in [-0.3, -0.25) is 10.1 Å². The van der Waals surface area contributed by atoms with Gasteiger partial charge < -0.3 is 10.8 Å². The number of aliphatic hydroxyl groups excluding tert-OH is 1. The van der Waals surface area contributed by atoms with Crippen molar-refractivity contribution in [2.24, 2.45) is 0 Å². The number of halogens is 3. The van der Waals surface area contributed by atoms with Crippen molar-refractivity contribution in [1.29, 1.82) is 0 Å². The van der Waals surface area contributed by atoms with E-state index in [2.05, 4.69) is 5.73 Å². The first kappa shape index (κ1) is 15.5. The molecule has 0 saturated carbocycles. The smallest absolute Gasteiger partial charge is 0.269 e. The molecule has 0 saturated heterocycles. The summed E-state index contributed by atoms with van der Waals surface area (Å²) in [6.07, 6.45) is -0.738. The molecule has 1 aromatic rings. The number of quaternary nitrogens is 1. The van der Waals surface area contributed by atoms with Crippen LogP contribution in [0.3, 0.4) is 0 Å². The third-order valence-corrected chi connectivity index (χ3v) is 3.39. The van der Waals surface area contributed by atoms with Gasteiger partial charge in [-0.2, -0.15) is 0 Å². The Bertz CT molecular complexity index is 419. The summed E-state index contributed by atoms with van der Waals surface area (Å²) < 4.78 is -1.55. The Hall–Kier alpha value is -0.590. The number of benzene rings is 1. The zero-order chi connectivity index (χ0) is 13.9. The molecule has 18 heavy (non-hydrogen) atoms. The van der Waals surface area contributed by atoms with Crippen molar-refractivity contribution < 1.29 is 15.8 Å². The van der Waals surface area contributed by atoms with Gasteiger partial charge in [0.2, 0.25) is 3.79 Å². The van der Waals surface area contributed by atoms with Crippen molar-refractivity contribution in [3.63, 3.8) is 0 Å². The number of alkyl halides is 3. The molecule has 0 aliphatic rings. The van der Waals surface area contributed by atoms with Crippen molar-refractivity contribution in [2.45, 2.75) is 22.4 Å². The topological polar surface area (TPSA) is 91.0 Å². The van der Waals surface area contributed by atoms with Crippen LogP contribution in [0.15, 0.2) is 24.3 Å². The highest BCUT2D eigenvalue weighted by Crippen LogP contribution is 2.32. The average Bonchev–Trinajstić information content (AvgIpc) is 2.27. The highest BCUT2D eigenvalue weighted by atomic mass is 35.6. The van der Waals surface area contributed by atoms with Crippen LogP contribution in [-0.4, -0.2) is 19.9 Å². The molecular weight excluding hydrogens is 302 g/mol. The molecule has 1 aromatic carbocycles. The van der Waals surface area contributed by atoms with Gasteiger partial charge in [-0.15, -0.1) is 0 Å². The second-order valence-electron chi connectivity index (χ2n) is 3.84. The highest BCUT2D eigenvalue weighted by Gasteiger charge is 2.34. The van der Waals surface area contributed by atoms with Crippen molar-refractivity contribution in [3.05, 3.63) is 39.9 Å². The van der Waals surface area contributed by atoms with Gasteiger partial charge in [-0.1, -0.05) is 34.8 Å². The maximum atomic E-state index is 10.5. The summed E-state index contributed by atoms with van der Waals surface area (Å²) in [7, 11) is 0. The molecule has 0 unspecified atom stereocenters. The lowest BCUT2D eigenvalue weighted by Crippen LogP contribution is -2.67. The summed E-state index contributed by atoms with van der Waals surface area (Å²) in [6, 6.07) is 4.97. The van der Waals surface area contributed by atoms with Gasteiger partial charge in [0.15, 0.2) is 0 Å². The lowest BCUT2D eigenvalue weighted by Gasteiger charge is -2.19. The lowest BCUT2D eigenvalue weighted by atomic mass is 10.0. The minimum absolute atomic E-state index is 0.0431. The fourth-order valence-corrected chi connectivity index (χ4v) is 1.62. The monoisotopic (exact) mass is 313 g/mol. The molecule has 0 amide bonds. The molecule has 5 nitrogen and oxygen atoms in total. The van der Waals surface area contributed by atoms with Crippen LogP contribution in [0.1, 0.15) is 18.1 Å². The van der Waals surface area contributed by atoms with Crippen LogP contribution in [0.25, 0.3) is 0 Å². The molecule has 0 radical (unpaired) electrons. The lowest BCUT2D eigenvalue weighted by molar-refractivity contribution is -0.422. The molecule has 4 N–H and O–H groups in total. The standard InChI is InChI=1S/C10H11Cl3N2O3/c11-10(12,13)9(14)5-8(16)6-1-3-7(4-2-6)15(17)18/h1-4,8-9,16H,5,14H2/p+1/t8-,9-/m0/s1.